The van der Waals surface area contributed by atoms with Gasteiger partial charge in [-0.3, -0.25) is 0 Å². The zero-order valence-electron chi connectivity index (χ0n) is 12.6. The molecule has 1 aliphatic rings. The highest BCUT2D eigenvalue weighted by Crippen LogP contribution is 2.29. The lowest BCUT2D eigenvalue weighted by atomic mass is 10.0. The van der Waals surface area contributed by atoms with Crippen molar-refractivity contribution in [1.82, 2.24) is 20.2 Å². The number of anilines is 1. The Morgan fingerprint density at radius 1 is 1.29 bits per heavy atom. The van der Waals surface area contributed by atoms with Crippen molar-refractivity contribution in [3.63, 3.8) is 0 Å². The topological polar surface area (TPSA) is 69.6 Å². The van der Waals surface area contributed by atoms with Crippen LogP contribution >= 0.6 is 0 Å². The molecule has 1 heterocycles. The number of nitrogens with zero attached hydrogens (tertiary/aromatic N) is 4. The third-order valence-electron chi connectivity index (χ3n) is 4.52. The van der Waals surface area contributed by atoms with Crippen LogP contribution < -0.4 is 5.73 Å². The summed E-state index contributed by atoms with van der Waals surface area (Å²) in [5.74, 6) is 1.76. The molecule has 0 radical (unpaired) electrons. The normalized spacial score (nSPS) is 15.7. The molecular formula is C16H23N5. The molecule has 0 spiro atoms. The molecule has 0 bridgehead atoms. The summed E-state index contributed by atoms with van der Waals surface area (Å²) in [5.41, 5.74) is 8.77. The van der Waals surface area contributed by atoms with Gasteiger partial charge in [0.25, 0.3) is 0 Å². The molecule has 1 aromatic heterocycles. The average Bonchev–Trinajstić information content (AvgIpc) is 3.13. The van der Waals surface area contributed by atoms with Crippen LogP contribution in [0.15, 0.2) is 18.2 Å². The van der Waals surface area contributed by atoms with E-state index in [1.165, 1.54) is 32.1 Å². The number of aryl methyl sites for hydroxylation is 2. The zero-order chi connectivity index (χ0) is 14.7. The molecule has 1 saturated carbocycles. The molecule has 0 saturated heterocycles. The maximum atomic E-state index is 5.87. The highest BCUT2D eigenvalue weighted by atomic mass is 15.5. The Morgan fingerprint density at radius 3 is 2.86 bits per heavy atom. The zero-order valence-corrected chi connectivity index (χ0v) is 12.6. The third kappa shape index (κ3) is 3.23. The van der Waals surface area contributed by atoms with Crippen molar-refractivity contribution in [1.29, 1.82) is 0 Å². The van der Waals surface area contributed by atoms with Crippen molar-refractivity contribution in [2.45, 2.75) is 52.0 Å². The van der Waals surface area contributed by atoms with E-state index in [2.05, 4.69) is 21.6 Å². The van der Waals surface area contributed by atoms with Gasteiger partial charge in [-0.05, 0) is 59.9 Å². The fourth-order valence-corrected chi connectivity index (χ4v) is 3.21. The summed E-state index contributed by atoms with van der Waals surface area (Å²) in [5, 5.41) is 12.1. The van der Waals surface area contributed by atoms with Crippen LogP contribution in [0.1, 0.15) is 44.1 Å². The maximum Gasteiger partial charge on any atom is 0.182 e. The van der Waals surface area contributed by atoms with Gasteiger partial charge in [-0.25, -0.2) is 4.68 Å². The van der Waals surface area contributed by atoms with Crippen molar-refractivity contribution in [3.8, 4) is 11.4 Å². The Bertz CT molecular complexity index is 598. The van der Waals surface area contributed by atoms with Crippen LogP contribution in [0.5, 0.6) is 0 Å². The van der Waals surface area contributed by atoms with Gasteiger partial charge in [0, 0.05) is 17.8 Å². The second-order valence-corrected chi connectivity index (χ2v) is 6.09. The second-order valence-electron chi connectivity index (χ2n) is 6.09. The lowest BCUT2D eigenvalue weighted by Gasteiger charge is -2.09. The van der Waals surface area contributed by atoms with Gasteiger partial charge in [-0.2, -0.15) is 0 Å². The first-order valence-electron chi connectivity index (χ1n) is 7.86. The summed E-state index contributed by atoms with van der Waals surface area (Å²) in [4.78, 5) is 0. The molecule has 5 heteroatoms. The summed E-state index contributed by atoms with van der Waals surface area (Å²) in [6, 6.07) is 5.96. The fraction of sp³-hybridized carbons (Fsp3) is 0.562. The van der Waals surface area contributed by atoms with E-state index in [1.807, 2.05) is 23.7 Å². The average molecular weight is 285 g/mol. The molecular weight excluding hydrogens is 262 g/mol. The molecule has 3 rings (SSSR count). The van der Waals surface area contributed by atoms with Crippen LogP contribution in [-0.4, -0.2) is 20.2 Å². The van der Waals surface area contributed by atoms with Crippen LogP contribution in [-0.2, 0) is 6.54 Å². The predicted octanol–water partition coefficient (Wildman–Crippen LogP) is 3.20. The predicted molar refractivity (Wildman–Crippen MR) is 83.6 cm³/mol. The molecule has 0 atom stereocenters. The number of nitrogens with two attached hydrogens (primary N) is 1. The van der Waals surface area contributed by atoms with Crippen molar-refractivity contribution >= 4 is 5.69 Å². The highest BCUT2D eigenvalue weighted by Gasteiger charge is 2.15. The number of hydrogen-bond donors (Lipinski definition) is 1. The maximum absolute atomic E-state index is 5.87. The van der Waals surface area contributed by atoms with Gasteiger partial charge in [-0.1, -0.05) is 25.7 Å². The number of rotatable bonds is 5. The van der Waals surface area contributed by atoms with Crippen molar-refractivity contribution in [2.24, 2.45) is 5.92 Å². The number of aromatic nitrogens is 4. The Hall–Kier alpha value is -1.91. The molecule has 2 N–H and O–H groups in total. The summed E-state index contributed by atoms with van der Waals surface area (Å²) in [6.45, 7) is 2.90. The van der Waals surface area contributed by atoms with Gasteiger partial charge in [0.2, 0.25) is 0 Å². The van der Waals surface area contributed by atoms with Crippen LogP contribution in [0.4, 0.5) is 5.69 Å². The van der Waals surface area contributed by atoms with Gasteiger partial charge in [0.1, 0.15) is 0 Å². The highest BCUT2D eigenvalue weighted by molar-refractivity contribution is 5.61. The van der Waals surface area contributed by atoms with Crippen molar-refractivity contribution < 1.29 is 0 Å². The standard InChI is InChI=1S/C16H23N5/c1-12-11-14(8-9-15(12)17)16-18-19-20-21(16)10-4-7-13-5-2-3-6-13/h8-9,11,13H,2-7,10,17H2,1H3. The van der Waals surface area contributed by atoms with E-state index < -0.39 is 0 Å². The minimum Gasteiger partial charge on any atom is -0.399 e. The Balaban J connectivity index is 1.66. The van der Waals surface area contributed by atoms with E-state index in [1.54, 1.807) is 0 Å². The minimum absolute atomic E-state index is 0.805. The number of nitrogen functional groups attached to an aromatic ring is 1. The Labute approximate surface area is 125 Å². The first-order valence-corrected chi connectivity index (χ1v) is 7.86. The molecule has 2 aromatic rings. The summed E-state index contributed by atoms with van der Waals surface area (Å²) in [6.07, 6.45) is 8.06. The molecule has 1 aromatic carbocycles. The molecule has 21 heavy (non-hydrogen) atoms. The van der Waals surface area contributed by atoms with E-state index in [0.717, 1.165) is 41.5 Å². The van der Waals surface area contributed by atoms with Crippen LogP contribution in [0.2, 0.25) is 0 Å². The summed E-state index contributed by atoms with van der Waals surface area (Å²) >= 11 is 0. The monoisotopic (exact) mass is 285 g/mol. The quantitative estimate of drug-likeness (QED) is 0.856. The summed E-state index contributed by atoms with van der Waals surface area (Å²) < 4.78 is 1.92. The van der Waals surface area contributed by atoms with Crippen LogP contribution in [0.25, 0.3) is 11.4 Å². The number of hydrogen-bond acceptors (Lipinski definition) is 4. The fourth-order valence-electron chi connectivity index (χ4n) is 3.21. The lowest BCUT2D eigenvalue weighted by Crippen LogP contribution is -2.05. The first-order chi connectivity index (χ1) is 10.2. The van der Waals surface area contributed by atoms with Gasteiger partial charge in [0.05, 0.1) is 0 Å². The third-order valence-corrected chi connectivity index (χ3v) is 4.52. The Kier molecular flexibility index (Phi) is 4.18. The van der Waals surface area contributed by atoms with E-state index in [-0.39, 0.29) is 0 Å². The molecule has 112 valence electrons. The van der Waals surface area contributed by atoms with Crippen LogP contribution in [0, 0.1) is 12.8 Å². The van der Waals surface area contributed by atoms with E-state index in [4.69, 9.17) is 5.73 Å². The summed E-state index contributed by atoms with van der Waals surface area (Å²) in [7, 11) is 0. The van der Waals surface area contributed by atoms with Gasteiger partial charge >= 0.3 is 0 Å². The SMILES string of the molecule is Cc1cc(-c2nnnn2CCCC2CCCC2)ccc1N. The molecule has 0 aliphatic heterocycles. The minimum atomic E-state index is 0.805. The van der Waals surface area contributed by atoms with E-state index in [0.29, 0.717) is 0 Å². The second kappa shape index (κ2) is 6.24. The molecule has 0 amide bonds. The van der Waals surface area contributed by atoms with Crippen molar-refractivity contribution in [2.75, 3.05) is 5.73 Å². The van der Waals surface area contributed by atoms with E-state index >= 15 is 0 Å². The van der Waals surface area contributed by atoms with Gasteiger partial charge in [0.15, 0.2) is 5.82 Å². The first kappa shape index (κ1) is 14.0. The van der Waals surface area contributed by atoms with Gasteiger partial charge in [-0.15, -0.1) is 5.10 Å². The number of tetrazole rings is 1. The van der Waals surface area contributed by atoms with E-state index in [9.17, 15) is 0 Å². The smallest absolute Gasteiger partial charge is 0.182 e. The molecule has 5 nitrogen and oxygen atoms in total. The lowest BCUT2D eigenvalue weighted by molar-refractivity contribution is 0.444. The molecule has 1 aliphatic carbocycles. The largest absolute Gasteiger partial charge is 0.399 e. The van der Waals surface area contributed by atoms with Gasteiger partial charge < -0.3 is 5.73 Å². The molecule has 0 unspecified atom stereocenters. The molecule has 1 fully saturated rings. The number of benzene rings is 1. The van der Waals surface area contributed by atoms with Crippen LogP contribution in [0.3, 0.4) is 0 Å². The Morgan fingerprint density at radius 2 is 2.10 bits per heavy atom. The van der Waals surface area contributed by atoms with Crippen molar-refractivity contribution in [3.05, 3.63) is 23.8 Å².